The molecule has 0 aliphatic rings. The largest absolute Gasteiger partial charge is 0.465 e. The van der Waals surface area contributed by atoms with Gasteiger partial charge in [0.15, 0.2) is 19.7 Å². The van der Waals surface area contributed by atoms with Crippen LogP contribution in [0.15, 0.2) is 29.8 Å². The van der Waals surface area contributed by atoms with E-state index in [-0.39, 0.29) is 29.1 Å². The minimum absolute atomic E-state index is 0.0384. The minimum atomic E-state index is -4.17. The molecule has 34 heavy (non-hydrogen) atoms. The van der Waals surface area contributed by atoms with Crippen LogP contribution in [0.1, 0.15) is 42.4 Å². The van der Waals surface area contributed by atoms with Gasteiger partial charge >= 0.3 is 6.09 Å². The molecule has 0 bridgehead atoms. The molecule has 0 fully saturated rings. The van der Waals surface area contributed by atoms with Gasteiger partial charge in [-0.25, -0.2) is 29.5 Å². The first-order chi connectivity index (χ1) is 15.9. The highest BCUT2D eigenvalue weighted by Gasteiger charge is 2.51. The maximum atomic E-state index is 13.1. The second-order valence-electron chi connectivity index (χ2n) is 7.65. The molecule has 2 atom stereocenters. The van der Waals surface area contributed by atoms with E-state index in [1.807, 2.05) is 5.43 Å². The van der Waals surface area contributed by atoms with Gasteiger partial charge in [0.2, 0.25) is 0 Å². The SMILES string of the molecule is CCC[C@](C(=O)NN)(c1ccc(C)cc1[C@H](CN(C(=O)O)c1nccs1)C(=O)NO)S(C)(=O)=O. The highest BCUT2D eigenvalue weighted by atomic mass is 32.2. The number of hydroxylamine groups is 1. The molecule has 186 valence electrons. The molecule has 6 N–H and O–H groups in total. The van der Waals surface area contributed by atoms with Gasteiger partial charge in [-0.1, -0.05) is 37.1 Å². The molecule has 12 nitrogen and oxygen atoms in total. The van der Waals surface area contributed by atoms with E-state index in [0.717, 1.165) is 22.5 Å². The summed E-state index contributed by atoms with van der Waals surface area (Å²) < 4.78 is 24.0. The number of anilines is 1. The van der Waals surface area contributed by atoms with Crippen LogP contribution in [-0.4, -0.2) is 54.4 Å². The number of benzene rings is 1. The standard InChI is InChI=1S/C20H27N5O7S2/c1-4-7-20(17(27)23-21,34(3,31)32)15-6-5-12(2)10-13(15)14(16(26)24-30)11-25(19(28)29)18-22-8-9-33-18/h5-6,8-10,14,30H,4,7,11,21H2,1-3H3,(H,23,27)(H,24,26)(H,28,29)/t14-,20+/m0/s1. The number of nitrogens with two attached hydrogens (primary N) is 1. The number of carboxylic acid groups (broad SMARTS) is 1. The zero-order valence-electron chi connectivity index (χ0n) is 18.8. The highest BCUT2D eigenvalue weighted by molar-refractivity contribution is 7.92. The second-order valence-corrected chi connectivity index (χ2v) is 10.8. The highest BCUT2D eigenvalue weighted by Crippen LogP contribution is 2.40. The Balaban J connectivity index is 2.86. The Hall–Kier alpha value is -3.07. The zero-order valence-corrected chi connectivity index (χ0v) is 20.4. The molecule has 3 amide bonds. The third-order valence-electron chi connectivity index (χ3n) is 5.42. The smallest absolute Gasteiger partial charge is 0.413 e. The summed E-state index contributed by atoms with van der Waals surface area (Å²) in [6.45, 7) is 2.86. The van der Waals surface area contributed by atoms with Crippen molar-refractivity contribution in [2.45, 2.75) is 37.4 Å². The van der Waals surface area contributed by atoms with E-state index in [2.05, 4.69) is 4.98 Å². The molecule has 0 unspecified atom stereocenters. The topological polar surface area (TPSA) is 192 Å². The van der Waals surface area contributed by atoms with E-state index in [9.17, 15) is 33.1 Å². The Kier molecular flexibility index (Phi) is 8.72. The number of carbonyl (C=O) groups excluding carboxylic acids is 2. The van der Waals surface area contributed by atoms with Gasteiger partial charge in [0.05, 0.1) is 5.92 Å². The van der Waals surface area contributed by atoms with Gasteiger partial charge in [0.1, 0.15) is 0 Å². The Morgan fingerprint density at radius 3 is 2.47 bits per heavy atom. The van der Waals surface area contributed by atoms with Crippen molar-refractivity contribution in [3.8, 4) is 0 Å². The molecule has 0 spiro atoms. The van der Waals surface area contributed by atoms with Gasteiger partial charge in [-0.3, -0.25) is 25.1 Å². The van der Waals surface area contributed by atoms with Gasteiger partial charge in [0.25, 0.3) is 11.8 Å². The maximum Gasteiger partial charge on any atom is 0.413 e. The summed E-state index contributed by atoms with van der Waals surface area (Å²) in [6.07, 6.45) is 0.972. The van der Waals surface area contributed by atoms with Crippen LogP contribution >= 0.6 is 11.3 Å². The van der Waals surface area contributed by atoms with Crippen LogP contribution < -0.4 is 21.6 Å². The Bertz CT molecular complexity index is 1150. The number of aryl methyl sites for hydroxylation is 1. The summed E-state index contributed by atoms with van der Waals surface area (Å²) in [4.78, 5) is 42.5. The van der Waals surface area contributed by atoms with E-state index >= 15 is 0 Å². The first-order valence-electron chi connectivity index (χ1n) is 10.1. The normalized spacial score (nSPS) is 14.0. The fourth-order valence-electron chi connectivity index (χ4n) is 3.90. The second kappa shape index (κ2) is 10.9. The minimum Gasteiger partial charge on any atom is -0.465 e. The van der Waals surface area contributed by atoms with E-state index in [4.69, 9.17) is 5.84 Å². The molecule has 14 heteroatoms. The van der Waals surface area contributed by atoms with E-state index in [0.29, 0.717) is 5.56 Å². The zero-order chi connectivity index (χ0) is 25.7. The fourth-order valence-corrected chi connectivity index (χ4v) is 6.10. The number of rotatable bonds is 10. The van der Waals surface area contributed by atoms with Crippen molar-refractivity contribution < 1.29 is 33.1 Å². The van der Waals surface area contributed by atoms with Crippen LogP contribution in [0.5, 0.6) is 0 Å². The maximum absolute atomic E-state index is 13.1. The van der Waals surface area contributed by atoms with E-state index in [1.54, 1.807) is 25.3 Å². The average molecular weight is 514 g/mol. The molecule has 0 aliphatic carbocycles. The van der Waals surface area contributed by atoms with Crippen molar-refractivity contribution in [3.05, 3.63) is 46.5 Å². The lowest BCUT2D eigenvalue weighted by atomic mass is 9.82. The third kappa shape index (κ3) is 5.19. The van der Waals surface area contributed by atoms with Gasteiger partial charge in [-0.15, -0.1) is 11.3 Å². The molecular weight excluding hydrogens is 486 g/mol. The van der Waals surface area contributed by atoms with Gasteiger partial charge in [-0.05, 0) is 24.5 Å². The third-order valence-corrected chi connectivity index (χ3v) is 8.09. The fraction of sp³-hybridized carbons (Fsp3) is 0.400. The predicted octanol–water partition coefficient (Wildman–Crippen LogP) is 1.26. The van der Waals surface area contributed by atoms with E-state index < -0.39 is 45.0 Å². The Morgan fingerprint density at radius 2 is 2.00 bits per heavy atom. The molecular formula is C20H27N5O7S2. The summed E-state index contributed by atoms with van der Waals surface area (Å²) in [5.41, 5.74) is 4.06. The number of aromatic nitrogens is 1. The number of thiazole rings is 1. The summed E-state index contributed by atoms with van der Waals surface area (Å²) in [5.74, 6) is 1.98. The van der Waals surface area contributed by atoms with Gasteiger partial charge in [0, 0.05) is 24.4 Å². The summed E-state index contributed by atoms with van der Waals surface area (Å²) in [6, 6.07) is 4.46. The van der Waals surface area contributed by atoms with Gasteiger partial charge < -0.3 is 5.11 Å². The quantitative estimate of drug-likeness (QED) is 0.135. The lowest BCUT2D eigenvalue weighted by molar-refractivity contribution is -0.130. The first-order valence-corrected chi connectivity index (χ1v) is 12.9. The lowest BCUT2D eigenvalue weighted by Gasteiger charge is -2.34. The number of carbonyl (C=O) groups is 3. The molecule has 0 saturated carbocycles. The van der Waals surface area contributed by atoms with Crippen molar-refractivity contribution in [2.75, 3.05) is 17.7 Å². The van der Waals surface area contributed by atoms with Crippen molar-refractivity contribution in [1.82, 2.24) is 15.9 Å². The number of hydrogen-bond acceptors (Lipinski definition) is 9. The monoisotopic (exact) mass is 513 g/mol. The number of sulfone groups is 1. The molecule has 2 rings (SSSR count). The lowest BCUT2D eigenvalue weighted by Crippen LogP contribution is -2.53. The summed E-state index contributed by atoms with van der Waals surface area (Å²) in [7, 11) is -4.17. The van der Waals surface area contributed by atoms with Crippen molar-refractivity contribution in [1.29, 1.82) is 0 Å². The number of nitrogens with one attached hydrogen (secondary N) is 2. The van der Waals surface area contributed by atoms with Crippen LogP contribution in [0.3, 0.4) is 0 Å². The van der Waals surface area contributed by atoms with Crippen LogP contribution in [-0.2, 0) is 24.2 Å². The van der Waals surface area contributed by atoms with E-state index in [1.165, 1.54) is 23.8 Å². The van der Waals surface area contributed by atoms with Crippen molar-refractivity contribution in [2.24, 2.45) is 5.84 Å². The van der Waals surface area contributed by atoms with Crippen LogP contribution in [0.25, 0.3) is 0 Å². The van der Waals surface area contributed by atoms with Crippen LogP contribution in [0, 0.1) is 6.92 Å². The Labute approximate surface area is 200 Å². The first kappa shape index (κ1) is 27.2. The van der Waals surface area contributed by atoms with Crippen LogP contribution in [0.2, 0.25) is 0 Å². The molecule has 1 aromatic heterocycles. The molecule has 0 saturated heterocycles. The number of nitrogens with zero attached hydrogens (tertiary/aromatic N) is 2. The predicted molar refractivity (Wildman–Crippen MR) is 125 cm³/mol. The number of hydrogen-bond donors (Lipinski definition) is 5. The molecule has 0 radical (unpaired) electrons. The molecule has 1 aromatic carbocycles. The summed E-state index contributed by atoms with van der Waals surface area (Å²) in [5, 5.41) is 20.8. The number of hydrazine groups is 1. The molecule has 1 heterocycles. The van der Waals surface area contributed by atoms with Crippen molar-refractivity contribution in [3.63, 3.8) is 0 Å². The molecule has 2 aromatic rings. The average Bonchev–Trinajstić information content (AvgIpc) is 3.30. The Morgan fingerprint density at radius 1 is 1.32 bits per heavy atom. The van der Waals surface area contributed by atoms with Crippen LogP contribution in [0.4, 0.5) is 9.93 Å². The number of amides is 3. The van der Waals surface area contributed by atoms with Gasteiger partial charge in [-0.2, -0.15) is 0 Å². The van der Waals surface area contributed by atoms with Crippen molar-refractivity contribution >= 4 is 44.2 Å². The molecule has 0 aliphatic heterocycles. The summed E-state index contributed by atoms with van der Waals surface area (Å²) >= 11 is 1.01.